The van der Waals surface area contributed by atoms with Gasteiger partial charge in [-0.3, -0.25) is 14.5 Å². The van der Waals surface area contributed by atoms with E-state index in [1.165, 1.54) is 18.1 Å². The molecule has 1 aromatic carbocycles. The van der Waals surface area contributed by atoms with Crippen LogP contribution in [-0.4, -0.2) is 57.2 Å². The molecule has 1 aliphatic rings. The van der Waals surface area contributed by atoms with Gasteiger partial charge in [-0.1, -0.05) is 6.07 Å². The Morgan fingerprint density at radius 2 is 1.83 bits per heavy atom. The van der Waals surface area contributed by atoms with E-state index in [1.807, 2.05) is 0 Å². The van der Waals surface area contributed by atoms with Crippen molar-refractivity contribution in [1.82, 2.24) is 4.90 Å². The summed E-state index contributed by atoms with van der Waals surface area (Å²) in [4.78, 5) is 36.6. The largest absolute Gasteiger partial charge is 0.674 e. The van der Waals surface area contributed by atoms with Gasteiger partial charge in [0.25, 0.3) is 0 Å². The molecule has 0 N–H and O–H groups in total. The predicted molar refractivity (Wildman–Crippen MR) is 82.6 cm³/mol. The van der Waals surface area contributed by atoms with Crippen LogP contribution in [0.25, 0.3) is 11.0 Å². The highest BCUT2D eigenvalue weighted by Gasteiger charge is 2.37. The van der Waals surface area contributed by atoms with E-state index in [1.54, 1.807) is 25.2 Å². The fourth-order valence-electron chi connectivity index (χ4n) is 2.36. The maximum Gasteiger partial charge on any atom is 0.674 e. The lowest BCUT2D eigenvalue weighted by Gasteiger charge is -2.21. The van der Waals surface area contributed by atoms with Crippen LogP contribution in [-0.2, 0) is 23.6 Å². The molecular formula is C15H14BNO7. The number of rotatable bonds is 2. The van der Waals surface area contributed by atoms with Crippen LogP contribution in [0.3, 0.4) is 0 Å². The average molecular weight is 331 g/mol. The maximum atomic E-state index is 11.8. The number of methoxy groups -OCH3 is 1. The minimum absolute atomic E-state index is 0.0294. The molecule has 0 bridgehead atoms. The number of furan rings is 1. The summed E-state index contributed by atoms with van der Waals surface area (Å²) in [7, 11) is 1.63. The minimum atomic E-state index is -1.26. The summed E-state index contributed by atoms with van der Waals surface area (Å²) in [6.07, 6.45) is 0. The Kier molecular flexibility index (Phi) is 4.26. The first-order valence-corrected chi connectivity index (χ1v) is 7.15. The third-order valence-electron chi connectivity index (χ3n) is 3.47. The molecule has 24 heavy (non-hydrogen) atoms. The van der Waals surface area contributed by atoms with Gasteiger partial charge in [-0.25, -0.2) is 4.79 Å². The third kappa shape index (κ3) is 3.25. The Bertz CT molecular complexity index is 795. The molecule has 0 saturated carbocycles. The number of nitrogens with zero attached hydrogens (tertiary/aromatic N) is 1. The highest BCUT2D eigenvalue weighted by molar-refractivity contribution is 6.63. The van der Waals surface area contributed by atoms with Crippen molar-refractivity contribution in [3.05, 3.63) is 29.8 Å². The first-order valence-electron chi connectivity index (χ1n) is 7.15. The van der Waals surface area contributed by atoms with Gasteiger partial charge in [-0.05, 0) is 25.2 Å². The molecule has 2 aromatic rings. The molecule has 1 saturated heterocycles. The molecule has 124 valence electrons. The molecule has 3 rings (SSSR count). The summed E-state index contributed by atoms with van der Waals surface area (Å²) in [5.74, 6) is -1.57. The average Bonchev–Trinajstić information content (AvgIpc) is 2.94. The van der Waals surface area contributed by atoms with Crippen LogP contribution >= 0.6 is 0 Å². The number of hydrogen-bond donors (Lipinski definition) is 0. The molecule has 0 spiro atoms. The molecule has 0 unspecified atom stereocenters. The molecule has 8 nitrogen and oxygen atoms in total. The summed E-state index contributed by atoms with van der Waals surface area (Å²) in [5, 5.41) is 0.670. The van der Waals surface area contributed by atoms with Crippen molar-refractivity contribution in [3.8, 4) is 0 Å². The quantitative estimate of drug-likeness (QED) is 0.558. The lowest BCUT2D eigenvalue weighted by molar-refractivity contribution is -0.145. The van der Waals surface area contributed by atoms with Gasteiger partial charge in [0, 0.05) is 5.39 Å². The zero-order valence-corrected chi connectivity index (χ0v) is 13.1. The SMILES string of the molecule is COC(=O)c1ccc2cc(B3OC(=O)CN(C)CC(=O)O3)oc2c1. The van der Waals surface area contributed by atoms with Crippen molar-refractivity contribution >= 4 is 41.7 Å². The fourth-order valence-corrected chi connectivity index (χ4v) is 2.36. The van der Waals surface area contributed by atoms with Crippen molar-refractivity contribution < 1.29 is 32.8 Å². The molecule has 0 amide bonds. The number of likely N-dealkylation sites (N-methyl/N-ethyl adjacent to an activating group) is 1. The lowest BCUT2D eigenvalue weighted by Crippen LogP contribution is -2.47. The van der Waals surface area contributed by atoms with E-state index in [4.69, 9.17) is 13.7 Å². The summed E-state index contributed by atoms with van der Waals surface area (Å²) in [5.41, 5.74) is 0.872. The van der Waals surface area contributed by atoms with Crippen LogP contribution in [0.2, 0.25) is 0 Å². The first-order chi connectivity index (χ1) is 11.5. The van der Waals surface area contributed by atoms with E-state index in [0.29, 0.717) is 16.5 Å². The Morgan fingerprint density at radius 3 is 2.46 bits per heavy atom. The van der Waals surface area contributed by atoms with Gasteiger partial charge in [-0.2, -0.15) is 0 Å². The second kappa shape index (κ2) is 6.36. The number of benzene rings is 1. The van der Waals surface area contributed by atoms with Gasteiger partial charge >= 0.3 is 25.0 Å². The number of ether oxygens (including phenoxy) is 1. The Labute approximate surface area is 137 Å². The van der Waals surface area contributed by atoms with Crippen molar-refractivity contribution in [3.63, 3.8) is 0 Å². The van der Waals surface area contributed by atoms with Crippen LogP contribution < -0.4 is 5.66 Å². The second-order valence-electron chi connectivity index (χ2n) is 5.38. The van der Waals surface area contributed by atoms with Crippen LogP contribution in [0.4, 0.5) is 0 Å². The van der Waals surface area contributed by atoms with Crippen LogP contribution in [0.1, 0.15) is 10.4 Å². The van der Waals surface area contributed by atoms with E-state index in [2.05, 4.69) is 4.74 Å². The van der Waals surface area contributed by atoms with Crippen molar-refractivity contribution in [2.24, 2.45) is 0 Å². The van der Waals surface area contributed by atoms with E-state index < -0.39 is 25.0 Å². The summed E-state index contributed by atoms with van der Waals surface area (Å²) in [6, 6.07) is 6.34. The van der Waals surface area contributed by atoms with Gasteiger partial charge in [0.05, 0.1) is 25.8 Å². The summed E-state index contributed by atoms with van der Waals surface area (Å²) >= 11 is 0. The maximum absolute atomic E-state index is 11.8. The standard InChI is InChI=1S/C15H14BNO7/c1-17-7-13(18)23-16(24-14(19)8-17)12-6-9-3-4-10(15(20)21-2)5-11(9)22-12/h3-6H,7-8H2,1-2H3. The molecule has 0 radical (unpaired) electrons. The van der Waals surface area contributed by atoms with Crippen LogP contribution in [0.5, 0.6) is 0 Å². The summed E-state index contributed by atoms with van der Waals surface area (Å²) < 4.78 is 20.5. The van der Waals surface area contributed by atoms with E-state index in [0.717, 1.165) is 0 Å². The minimum Gasteiger partial charge on any atom is -0.492 e. The molecule has 1 aromatic heterocycles. The molecular weight excluding hydrogens is 317 g/mol. The van der Waals surface area contributed by atoms with Crippen molar-refractivity contribution in [2.75, 3.05) is 27.2 Å². The zero-order chi connectivity index (χ0) is 17.3. The van der Waals surface area contributed by atoms with Crippen molar-refractivity contribution in [2.45, 2.75) is 0 Å². The van der Waals surface area contributed by atoms with E-state index >= 15 is 0 Å². The van der Waals surface area contributed by atoms with Crippen LogP contribution in [0, 0.1) is 0 Å². The molecule has 2 heterocycles. The van der Waals surface area contributed by atoms with Gasteiger partial charge in [0.2, 0.25) is 0 Å². The number of carbonyl (C=O) groups is 3. The highest BCUT2D eigenvalue weighted by Crippen LogP contribution is 2.18. The van der Waals surface area contributed by atoms with E-state index in [9.17, 15) is 14.4 Å². The van der Waals surface area contributed by atoms with Gasteiger partial charge < -0.3 is 18.5 Å². The third-order valence-corrected chi connectivity index (χ3v) is 3.47. The number of hydrogen-bond acceptors (Lipinski definition) is 8. The lowest BCUT2D eigenvalue weighted by atomic mass is 9.85. The Hall–Kier alpha value is -2.81. The fraction of sp³-hybridized carbons (Fsp3) is 0.267. The molecule has 0 atom stereocenters. The van der Waals surface area contributed by atoms with E-state index in [-0.39, 0.29) is 18.7 Å². The number of esters is 1. The van der Waals surface area contributed by atoms with Crippen LogP contribution in [0.15, 0.2) is 28.7 Å². The monoisotopic (exact) mass is 331 g/mol. The Balaban J connectivity index is 1.91. The Morgan fingerprint density at radius 1 is 1.17 bits per heavy atom. The predicted octanol–water partition coefficient (Wildman–Crippen LogP) is -0.0536. The highest BCUT2D eigenvalue weighted by atomic mass is 16.6. The van der Waals surface area contributed by atoms with Gasteiger partial charge in [-0.15, -0.1) is 0 Å². The van der Waals surface area contributed by atoms with Gasteiger partial charge in [0.15, 0.2) is 5.66 Å². The molecule has 1 aliphatic heterocycles. The number of fused-ring (bicyclic) bond motifs is 1. The van der Waals surface area contributed by atoms with Crippen molar-refractivity contribution in [1.29, 1.82) is 0 Å². The summed E-state index contributed by atoms with van der Waals surface area (Å²) in [6.45, 7) is -0.0589. The number of carbonyl (C=O) groups excluding carboxylic acids is 3. The first kappa shape index (κ1) is 16.1. The smallest absolute Gasteiger partial charge is 0.492 e. The molecule has 1 fully saturated rings. The topological polar surface area (TPSA) is 95.3 Å². The second-order valence-corrected chi connectivity index (χ2v) is 5.38. The zero-order valence-electron chi connectivity index (χ0n) is 13.1. The molecule has 9 heteroatoms. The molecule has 0 aliphatic carbocycles. The van der Waals surface area contributed by atoms with Gasteiger partial charge in [0.1, 0.15) is 5.58 Å². The normalized spacial score (nSPS) is 16.3.